The number of aryl methyl sites for hydroxylation is 1. The molecule has 0 N–H and O–H groups in total. The minimum absolute atomic E-state index is 0.356. The molecule has 0 aliphatic carbocycles. The number of amides is 2. The number of likely N-dealkylation sites (N-methyl/N-ethyl adjacent to an activating group) is 1. The van der Waals surface area contributed by atoms with E-state index in [0.29, 0.717) is 40.6 Å². The SMILES string of the molecule is COc1cc(OC)cc(N2C(=O)C(c3ccc(C)cc3)=C(N(C)Cc3ccccc3)C2=O)c1. The summed E-state index contributed by atoms with van der Waals surface area (Å²) in [6.07, 6.45) is 0. The molecule has 0 aromatic heterocycles. The summed E-state index contributed by atoms with van der Waals surface area (Å²) in [6.45, 7) is 2.47. The molecule has 0 spiro atoms. The number of methoxy groups -OCH3 is 2. The van der Waals surface area contributed by atoms with Gasteiger partial charge in [0.25, 0.3) is 11.8 Å². The Bertz CT molecular complexity index is 1190. The van der Waals surface area contributed by atoms with Gasteiger partial charge < -0.3 is 14.4 Å². The number of benzene rings is 3. The molecule has 3 aromatic rings. The molecule has 0 saturated carbocycles. The summed E-state index contributed by atoms with van der Waals surface area (Å²) in [5, 5.41) is 0. The first kappa shape index (κ1) is 22.1. The van der Waals surface area contributed by atoms with E-state index in [-0.39, 0.29) is 11.8 Å². The van der Waals surface area contributed by atoms with Gasteiger partial charge in [0, 0.05) is 31.8 Å². The molecule has 1 heterocycles. The summed E-state index contributed by atoms with van der Waals surface area (Å²) in [4.78, 5) is 30.5. The topological polar surface area (TPSA) is 59.1 Å². The third kappa shape index (κ3) is 4.32. The van der Waals surface area contributed by atoms with Crippen molar-refractivity contribution < 1.29 is 19.1 Å². The number of hydrogen-bond donors (Lipinski definition) is 0. The van der Waals surface area contributed by atoms with Crippen LogP contribution >= 0.6 is 0 Å². The van der Waals surface area contributed by atoms with Crippen LogP contribution in [0.4, 0.5) is 5.69 Å². The lowest BCUT2D eigenvalue weighted by Gasteiger charge is -2.22. The van der Waals surface area contributed by atoms with Gasteiger partial charge in [-0.25, -0.2) is 4.90 Å². The molecule has 4 rings (SSSR count). The zero-order chi connectivity index (χ0) is 23.5. The van der Waals surface area contributed by atoms with Crippen molar-refractivity contribution in [2.24, 2.45) is 0 Å². The van der Waals surface area contributed by atoms with Crippen LogP contribution in [0.25, 0.3) is 5.57 Å². The van der Waals surface area contributed by atoms with E-state index >= 15 is 0 Å². The second-order valence-corrected chi connectivity index (χ2v) is 7.95. The number of nitrogens with zero attached hydrogens (tertiary/aromatic N) is 2. The lowest BCUT2D eigenvalue weighted by atomic mass is 10.0. The van der Waals surface area contributed by atoms with Crippen LogP contribution in [-0.4, -0.2) is 38.0 Å². The largest absolute Gasteiger partial charge is 0.497 e. The molecule has 6 heteroatoms. The number of carbonyl (C=O) groups excluding carboxylic acids is 2. The summed E-state index contributed by atoms with van der Waals surface area (Å²) in [7, 11) is 4.89. The molecule has 6 nitrogen and oxygen atoms in total. The molecule has 2 amide bonds. The fourth-order valence-corrected chi connectivity index (χ4v) is 3.95. The molecule has 1 aliphatic rings. The Labute approximate surface area is 193 Å². The molecule has 1 aliphatic heterocycles. The van der Waals surface area contributed by atoms with Gasteiger partial charge in [-0.1, -0.05) is 60.2 Å². The smallest absolute Gasteiger partial charge is 0.282 e. The summed E-state index contributed by atoms with van der Waals surface area (Å²) in [5.41, 5.74) is 3.94. The van der Waals surface area contributed by atoms with Crippen LogP contribution in [0.2, 0.25) is 0 Å². The molecule has 33 heavy (non-hydrogen) atoms. The molecule has 0 atom stereocenters. The molecule has 0 radical (unpaired) electrons. The average Bonchev–Trinajstić information content (AvgIpc) is 3.09. The van der Waals surface area contributed by atoms with Crippen LogP contribution in [0.5, 0.6) is 11.5 Å². The minimum Gasteiger partial charge on any atom is -0.497 e. The first-order chi connectivity index (χ1) is 15.9. The third-order valence-electron chi connectivity index (χ3n) is 5.64. The summed E-state index contributed by atoms with van der Waals surface area (Å²) in [6, 6.07) is 22.5. The molecule has 0 unspecified atom stereocenters. The van der Waals surface area contributed by atoms with Crippen LogP contribution in [0.3, 0.4) is 0 Å². The predicted octanol–water partition coefficient (Wildman–Crippen LogP) is 4.43. The van der Waals surface area contributed by atoms with Gasteiger partial charge in [0.15, 0.2) is 0 Å². The number of anilines is 1. The highest BCUT2D eigenvalue weighted by atomic mass is 16.5. The third-order valence-corrected chi connectivity index (χ3v) is 5.64. The fourth-order valence-electron chi connectivity index (χ4n) is 3.95. The van der Waals surface area contributed by atoms with Crippen molar-refractivity contribution in [2.45, 2.75) is 13.5 Å². The van der Waals surface area contributed by atoms with E-state index in [4.69, 9.17) is 9.47 Å². The standard InChI is InChI=1S/C27H26N2O4/c1-18-10-12-20(13-11-18)24-25(28(2)17-19-8-6-5-7-9-19)27(31)29(26(24)30)21-14-22(32-3)16-23(15-21)33-4/h5-16H,17H2,1-4H3. The maximum absolute atomic E-state index is 13.7. The molecule has 0 bridgehead atoms. The Hall–Kier alpha value is -4.06. The Morgan fingerprint density at radius 3 is 2.00 bits per heavy atom. The monoisotopic (exact) mass is 442 g/mol. The van der Waals surface area contributed by atoms with E-state index in [1.807, 2.05) is 73.5 Å². The minimum atomic E-state index is -0.385. The fraction of sp³-hybridized carbons (Fsp3) is 0.185. The van der Waals surface area contributed by atoms with Crippen LogP contribution in [-0.2, 0) is 16.1 Å². The van der Waals surface area contributed by atoms with Gasteiger partial charge in [-0.3, -0.25) is 9.59 Å². The van der Waals surface area contributed by atoms with Crippen LogP contribution in [0.1, 0.15) is 16.7 Å². The van der Waals surface area contributed by atoms with E-state index in [0.717, 1.165) is 11.1 Å². The predicted molar refractivity (Wildman–Crippen MR) is 128 cm³/mol. The van der Waals surface area contributed by atoms with Crippen molar-refractivity contribution in [1.82, 2.24) is 4.90 Å². The first-order valence-corrected chi connectivity index (χ1v) is 10.6. The van der Waals surface area contributed by atoms with E-state index in [1.165, 1.54) is 19.1 Å². The van der Waals surface area contributed by atoms with Crippen molar-refractivity contribution in [1.29, 1.82) is 0 Å². The van der Waals surface area contributed by atoms with Crippen molar-refractivity contribution >= 4 is 23.1 Å². The molecular weight excluding hydrogens is 416 g/mol. The van der Waals surface area contributed by atoms with Crippen LogP contribution < -0.4 is 14.4 Å². The van der Waals surface area contributed by atoms with Crippen LogP contribution in [0, 0.1) is 6.92 Å². The van der Waals surface area contributed by atoms with Gasteiger partial charge in [-0.05, 0) is 18.1 Å². The lowest BCUT2D eigenvalue weighted by molar-refractivity contribution is -0.120. The Balaban J connectivity index is 1.81. The quantitative estimate of drug-likeness (QED) is 0.507. The second-order valence-electron chi connectivity index (χ2n) is 7.95. The van der Waals surface area contributed by atoms with E-state index < -0.39 is 0 Å². The Kier molecular flexibility index (Phi) is 6.18. The van der Waals surface area contributed by atoms with Crippen molar-refractivity contribution in [2.75, 3.05) is 26.2 Å². The normalized spacial score (nSPS) is 13.5. The summed E-state index contributed by atoms with van der Waals surface area (Å²) in [5.74, 6) is 0.222. The van der Waals surface area contributed by atoms with E-state index in [9.17, 15) is 9.59 Å². The summed E-state index contributed by atoms with van der Waals surface area (Å²) >= 11 is 0. The average molecular weight is 443 g/mol. The van der Waals surface area contributed by atoms with Gasteiger partial charge in [0.1, 0.15) is 17.2 Å². The number of hydrogen-bond acceptors (Lipinski definition) is 5. The van der Waals surface area contributed by atoms with Crippen molar-refractivity contribution in [3.63, 3.8) is 0 Å². The van der Waals surface area contributed by atoms with Gasteiger partial charge in [-0.2, -0.15) is 0 Å². The highest BCUT2D eigenvalue weighted by molar-refractivity contribution is 6.45. The number of ether oxygens (including phenoxy) is 2. The van der Waals surface area contributed by atoms with Crippen LogP contribution in [0.15, 0.2) is 78.5 Å². The number of rotatable bonds is 7. The molecular formula is C27H26N2O4. The van der Waals surface area contributed by atoms with Gasteiger partial charge in [0.05, 0.1) is 25.5 Å². The summed E-state index contributed by atoms with van der Waals surface area (Å²) < 4.78 is 10.7. The highest BCUT2D eigenvalue weighted by Crippen LogP contribution is 2.37. The molecule has 3 aromatic carbocycles. The van der Waals surface area contributed by atoms with Gasteiger partial charge in [-0.15, -0.1) is 0 Å². The highest BCUT2D eigenvalue weighted by Gasteiger charge is 2.42. The maximum atomic E-state index is 13.7. The lowest BCUT2D eigenvalue weighted by Crippen LogP contribution is -2.34. The van der Waals surface area contributed by atoms with E-state index in [2.05, 4.69) is 0 Å². The molecule has 0 fully saturated rings. The molecule has 0 saturated heterocycles. The number of imide groups is 1. The van der Waals surface area contributed by atoms with Gasteiger partial charge >= 0.3 is 0 Å². The maximum Gasteiger partial charge on any atom is 0.282 e. The van der Waals surface area contributed by atoms with Crippen molar-refractivity contribution in [3.05, 3.63) is 95.2 Å². The first-order valence-electron chi connectivity index (χ1n) is 10.6. The zero-order valence-electron chi connectivity index (χ0n) is 19.2. The number of carbonyl (C=O) groups is 2. The van der Waals surface area contributed by atoms with Gasteiger partial charge in [0.2, 0.25) is 0 Å². The molecule has 168 valence electrons. The Morgan fingerprint density at radius 1 is 0.818 bits per heavy atom. The van der Waals surface area contributed by atoms with Crippen molar-refractivity contribution in [3.8, 4) is 11.5 Å². The zero-order valence-corrected chi connectivity index (χ0v) is 19.2. The second kappa shape index (κ2) is 9.20. The van der Waals surface area contributed by atoms with E-state index in [1.54, 1.807) is 18.2 Å². The Morgan fingerprint density at radius 2 is 1.42 bits per heavy atom.